The number of hydrogen-bond acceptors (Lipinski definition) is 2. The molecule has 88 valence electrons. The summed E-state index contributed by atoms with van der Waals surface area (Å²) in [5, 5.41) is 3.97. The molecule has 0 bridgehead atoms. The standard InChI is InChI=1S/C12H9Cl2FN2/c13-9-1-3-11(15)8(5-9)6-16-10-2-4-12(14)17-7-10/h1-5,7,16H,6H2. The Labute approximate surface area is 108 Å². The summed E-state index contributed by atoms with van der Waals surface area (Å²) < 4.78 is 13.4. The van der Waals surface area contributed by atoms with E-state index in [1.165, 1.54) is 12.1 Å². The van der Waals surface area contributed by atoms with Gasteiger partial charge in [0, 0.05) is 17.1 Å². The van der Waals surface area contributed by atoms with Crippen LogP contribution in [0.1, 0.15) is 5.56 Å². The Bertz CT molecular complexity index is 514. The third-order valence-electron chi connectivity index (χ3n) is 2.22. The fourth-order valence-electron chi connectivity index (χ4n) is 1.36. The SMILES string of the molecule is Fc1ccc(Cl)cc1CNc1ccc(Cl)nc1. The van der Waals surface area contributed by atoms with Crippen LogP contribution in [0.3, 0.4) is 0 Å². The molecule has 2 nitrogen and oxygen atoms in total. The lowest BCUT2D eigenvalue weighted by atomic mass is 10.2. The predicted molar refractivity (Wildman–Crippen MR) is 68.0 cm³/mol. The lowest BCUT2D eigenvalue weighted by molar-refractivity contribution is 0.613. The van der Waals surface area contributed by atoms with Gasteiger partial charge in [0.1, 0.15) is 11.0 Å². The van der Waals surface area contributed by atoms with Crippen molar-refractivity contribution in [1.29, 1.82) is 0 Å². The summed E-state index contributed by atoms with van der Waals surface area (Å²) in [6, 6.07) is 7.90. The Balaban J connectivity index is 2.07. The average molecular weight is 271 g/mol. The molecular weight excluding hydrogens is 262 g/mol. The highest BCUT2D eigenvalue weighted by Gasteiger charge is 2.02. The summed E-state index contributed by atoms with van der Waals surface area (Å²) in [4.78, 5) is 3.91. The summed E-state index contributed by atoms with van der Waals surface area (Å²) in [5.74, 6) is -0.288. The molecule has 0 aliphatic carbocycles. The number of pyridine rings is 1. The van der Waals surface area contributed by atoms with E-state index in [2.05, 4.69) is 10.3 Å². The Hall–Kier alpha value is -1.32. The minimum absolute atomic E-state index is 0.288. The van der Waals surface area contributed by atoms with Gasteiger partial charge in [-0.15, -0.1) is 0 Å². The van der Waals surface area contributed by atoms with Gasteiger partial charge in [0.15, 0.2) is 0 Å². The fraction of sp³-hybridized carbons (Fsp3) is 0.0833. The van der Waals surface area contributed by atoms with E-state index in [-0.39, 0.29) is 5.82 Å². The maximum Gasteiger partial charge on any atom is 0.129 e. The first-order chi connectivity index (χ1) is 8.15. The summed E-state index contributed by atoms with van der Waals surface area (Å²) in [6.07, 6.45) is 1.59. The highest BCUT2D eigenvalue weighted by molar-refractivity contribution is 6.30. The molecule has 0 amide bonds. The lowest BCUT2D eigenvalue weighted by Gasteiger charge is -2.07. The van der Waals surface area contributed by atoms with Crippen LogP contribution in [0.25, 0.3) is 0 Å². The third kappa shape index (κ3) is 3.32. The van der Waals surface area contributed by atoms with E-state index < -0.39 is 0 Å². The Kier molecular flexibility index (Phi) is 3.82. The first kappa shape index (κ1) is 12.1. The van der Waals surface area contributed by atoms with Crippen LogP contribution in [0.15, 0.2) is 36.5 Å². The van der Waals surface area contributed by atoms with E-state index >= 15 is 0 Å². The van der Waals surface area contributed by atoms with Crippen LogP contribution in [-0.2, 0) is 6.54 Å². The van der Waals surface area contributed by atoms with E-state index in [9.17, 15) is 4.39 Å². The molecule has 0 radical (unpaired) electrons. The van der Waals surface area contributed by atoms with Crippen LogP contribution < -0.4 is 5.32 Å². The van der Waals surface area contributed by atoms with Gasteiger partial charge in [0.2, 0.25) is 0 Å². The highest BCUT2D eigenvalue weighted by Crippen LogP contribution is 2.17. The average Bonchev–Trinajstić information content (AvgIpc) is 2.32. The quantitative estimate of drug-likeness (QED) is 0.848. The Morgan fingerprint density at radius 1 is 1.18 bits per heavy atom. The van der Waals surface area contributed by atoms with Crippen molar-refractivity contribution < 1.29 is 4.39 Å². The Morgan fingerprint density at radius 3 is 2.71 bits per heavy atom. The number of hydrogen-bond donors (Lipinski definition) is 1. The smallest absolute Gasteiger partial charge is 0.129 e. The molecule has 1 aromatic heterocycles. The first-order valence-corrected chi connectivity index (χ1v) is 5.70. The van der Waals surface area contributed by atoms with Crippen molar-refractivity contribution >= 4 is 28.9 Å². The van der Waals surface area contributed by atoms with Crippen LogP contribution in [0, 0.1) is 5.82 Å². The minimum atomic E-state index is -0.288. The van der Waals surface area contributed by atoms with Crippen molar-refractivity contribution in [2.24, 2.45) is 0 Å². The van der Waals surface area contributed by atoms with E-state index in [0.29, 0.717) is 22.3 Å². The molecule has 2 rings (SSSR count). The molecule has 1 heterocycles. The van der Waals surface area contributed by atoms with Crippen molar-refractivity contribution in [1.82, 2.24) is 4.98 Å². The van der Waals surface area contributed by atoms with Gasteiger partial charge in [-0.05, 0) is 30.3 Å². The molecule has 17 heavy (non-hydrogen) atoms. The van der Waals surface area contributed by atoms with Gasteiger partial charge in [-0.3, -0.25) is 0 Å². The van der Waals surface area contributed by atoms with Crippen molar-refractivity contribution in [2.45, 2.75) is 6.54 Å². The lowest BCUT2D eigenvalue weighted by Crippen LogP contribution is -2.02. The van der Waals surface area contributed by atoms with Crippen LogP contribution in [0.5, 0.6) is 0 Å². The molecule has 5 heteroatoms. The Morgan fingerprint density at radius 2 is 2.00 bits per heavy atom. The number of halogens is 3. The van der Waals surface area contributed by atoms with Gasteiger partial charge < -0.3 is 5.32 Å². The van der Waals surface area contributed by atoms with Crippen molar-refractivity contribution in [3.63, 3.8) is 0 Å². The number of nitrogens with one attached hydrogen (secondary N) is 1. The molecular formula is C12H9Cl2FN2. The number of rotatable bonds is 3. The molecule has 0 unspecified atom stereocenters. The van der Waals surface area contributed by atoms with Gasteiger partial charge in [0.05, 0.1) is 11.9 Å². The van der Waals surface area contributed by atoms with Gasteiger partial charge in [-0.1, -0.05) is 23.2 Å². The van der Waals surface area contributed by atoms with Gasteiger partial charge >= 0.3 is 0 Å². The van der Waals surface area contributed by atoms with Crippen LogP contribution in [-0.4, -0.2) is 4.98 Å². The third-order valence-corrected chi connectivity index (χ3v) is 2.68. The molecule has 0 atom stereocenters. The molecule has 1 aromatic carbocycles. The zero-order valence-electron chi connectivity index (χ0n) is 8.75. The van der Waals surface area contributed by atoms with Gasteiger partial charge in [0.25, 0.3) is 0 Å². The van der Waals surface area contributed by atoms with E-state index in [4.69, 9.17) is 23.2 Å². The number of benzene rings is 1. The second-order valence-electron chi connectivity index (χ2n) is 3.46. The highest BCUT2D eigenvalue weighted by atomic mass is 35.5. The number of anilines is 1. The minimum Gasteiger partial charge on any atom is -0.380 e. The molecule has 2 aromatic rings. The first-order valence-electron chi connectivity index (χ1n) is 4.94. The predicted octanol–water partition coefficient (Wildman–Crippen LogP) is 4.14. The fourth-order valence-corrected chi connectivity index (χ4v) is 1.66. The molecule has 0 saturated heterocycles. The van der Waals surface area contributed by atoms with E-state index in [1.807, 2.05) is 0 Å². The van der Waals surface area contributed by atoms with E-state index in [1.54, 1.807) is 24.4 Å². The topological polar surface area (TPSA) is 24.9 Å². The molecule has 0 saturated carbocycles. The molecule has 0 aliphatic heterocycles. The summed E-state index contributed by atoms with van der Waals surface area (Å²) in [7, 11) is 0. The summed E-state index contributed by atoms with van der Waals surface area (Å²) in [5.41, 5.74) is 1.28. The van der Waals surface area contributed by atoms with Crippen molar-refractivity contribution in [3.8, 4) is 0 Å². The monoisotopic (exact) mass is 270 g/mol. The van der Waals surface area contributed by atoms with Crippen molar-refractivity contribution in [2.75, 3.05) is 5.32 Å². The molecule has 0 spiro atoms. The molecule has 1 N–H and O–H groups in total. The van der Waals surface area contributed by atoms with Crippen molar-refractivity contribution in [3.05, 3.63) is 58.1 Å². The zero-order chi connectivity index (χ0) is 12.3. The molecule has 0 fully saturated rings. The second-order valence-corrected chi connectivity index (χ2v) is 4.28. The maximum atomic E-state index is 13.4. The van der Waals surface area contributed by atoms with Crippen LogP contribution in [0.2, 0.25) is 10.2 Å². The van der Waals surface area contributed by atoms with E-state index in [0.717, 1.165) is 5.69 Å². The maximum absolute atomic E-state index is 13.4. The largest absolute Gasteiger partial charge is 0.380 e. The summed E-state index contributed by atoms with van der Waals surface area (Å²) >= 11 is 11.5. The number of aromatic nitrogens is 1. The molecule has 0 aliphatic rings. The van der Waals surface area contributed by atoms with Gasteiger partial charge in [-0.2, -0.15) is 0 Å². The van der Waals surface area contributed by atoms with Gasteiger partial charge in [-0.25, -0.2) is 9.37 Å². The second kappa shape index (κ2) is 5.34. The zero-order valence-corrected chi connectivity index (χ0v) is 10.3. The van der Waals surface area contributed by atoms with Crippen LogP contribution >= 0.6 is 23.2 Å². The number of nitrogens with zero attached hydrogens (tertiary/aromatic N) is 1. The van der Waals surface area contributed by atoms with Crippen LogP contribution in [0.4, 0.5) is 10.1 Å². The normalized spacial score (nSPS) is 10.3. The summed E-state index contributed by atoms with van der Waals surface area (Å²) in [6.45, 7) is 0.343.